The molecule has 7 heteroatoms. The Bertz CT molecular complexity index is 700. The first kappa shape index (κ1) is 19.1. The molecule has 0 spiro atoms. The van der Waals surface area contributed by atoms with Gasteiger partial charge < -0.3 is 0 Å². The quantitative estimate of drug-likeness (QED) is 0.446. The number of benzene rings is 1. The van der Waals surface area contributed by atoms with E-state index >= 15 is 0 Å². The average Bonchev–Trinajstić information content (AvgIpc) is 2.46. The van der Waals surface area contributed by atoms with Gasteiger partial charge in [0.25, 0.3) is 5.69 Å². The van der Waals surface area contributed by atoms with Gasteiger partial charge in [-0.3, -0.25) is 10.1 Å². The number of allylic oxidation sites excluding steroid dienone is 3. The minimum Gasteiger partial charge on any atom is -0.258 e. The van der Waals surface area contributed by atoms with E-state index in [0.29, 0.717) is 0 Å². The van der Waals surface area contributed by atoms with Crippen molar-refractivity contribution in [3.05, 3.63) is 57.7 Å². The maximum Gasteiger partial charge on any atom is 0.269 e. The van der Waals surface area contributed by atoms with Crippen LogP contribution in [0.15, 0.2) is 52.5 Å². The van der Waals surface area contributed by atoms with E-state index in [0.717, 1.165) is 18.4 Å². The molecule has 0 saturated heterocycles. The Labute approximate surface area is 137 Å². The van der Waals surface area contributed by atoms with Crippen LogP contribution in [0.2, 0.25) is 0 Å². The lowest BCUT2D eigenvalue weighted by Crippen LogP contribution is -2.23. The zero-order valence-corrected chi connectivity index (χ0v) is 14.4. The maximum atomic E-state index is 12.1. The van der Waals surface area contributed by atoms with Crippen LogP contribution in [0.3, 0.4) is 0 Å². The van der Waals surface area contributed by atoms with Crippen LogP contribution < -0.4 is 4.72 Å². The summed E-state index contributed by atoms with van der Waals surface area (Å²) in [4.78, 5) is 10.0. The smallest absolute Gasteiger partial charge is 0.258 e. The van der Waals surface area contributed by atoms with Crippen LogP contribution >= 0.6 is 0 Å². The molecule has 0 heterocycles. The molecule has 0 aromatic heterocycles. The van der Waals surface area contributed by atoms with Gasteiger partial charge in [0.15, 0.2) is 0 Å². The lowest BCUT2D eigenvalue weighted by Gasteiger charge is -2.05. The Morgan fingerprint density at radius 1 is 1.17 bits per heavy atom. The molecule has 1 N–H and O–H groups in total. The standard InChI is InChI=1S/C16H22N2O4S/c1-13(2)5-4-6-14(3)11-12-17-23(21,22)16-9-7-15(8-10-16)18(19)20/h5,7-11,17H,4,6,12H2,1-3H3/b14-11+. The largest absolute Gasteiger partial charge is 0.269 e. The fraction of sp³-hybridized carbons (Fsp3) is 0.375. The van der Waals surface area contributed by atoms with Crippen LogP contribution in [0.1, 0.15) is 33.6 Å². The minimum absolute atomic E-state index is 0.0127. The molecule has 0 saturated carbocycles. The second-order valence-electron chi connectivity index (χ2n) is 5.47. The highest BCUT2D eigenvalue weighted by Gasteiger charge is 2.14. The molecule has 0 atom stereocenters. The Balaban J connectivity index is 2.61. The summed E-state index contributed by atoms with van der Waals surface area (Å²) < 4.78 is 26.6. The van der Waals surface area contributed by atoms with Crippen molar-refractivity contribution in [1.29, 1.82) is 0 Å². The second-order valence-corrected chi connectivity index (χ2v) is 7.24. The number of non-ortho nitro benzene ring substituents is 1. The van der Waals surface area contributed by atoms with E-state index in [1.807, 2.05) is 26.8 Å². The van der Waals surface area contributed by atoms with Crippen molar-refractivity contribution in [2.75, 3.05) is 6.54 Å². The molecular formula is C16H22N2O4S. The predicted octanol–water partition coefficient (Wildman–Crippen LogP) is 3.57. The van der Waals surface area contributed by atoms with Gasteiger partial charge in [0.1, 0.15) is 0 Å². The van der Waals surface area contributed by atoms with E-state index in [4.69, 9.17) is 0 Å². The summed E-state index contributed by atoms with van der Waals surface area (Å²) in [5, 5.41) is 10.6. The van der Waals surface area contributed by atoms with Crippen LogP contribution in [-0.4, -0.2) is 19.9 Å². The first-order chi connectivity index (χ1) is 10.7. The van der Waals surface area contributed by atoms with Crippen molar-refractivity contribution in [1.82, 2.24) is 4.72 Å². The molecule has 0 aliphatic carbocycles. The first-order valence-corrected chi connectivity index (χ1v) is 8.74. The lowest BCUT2D eigenvalue weighted by molar-refractivity contribution is -0.384. The normalized spacial score (nSPS) is 12.0. The summed E-state index contributed by atoms with van der Waals surface area (Å²) in [6.07, 6.45) is 5.78. The second kappa shape index (κ2) is 8.59. The molecule has 0 bridgehead atoms. The topological polar surface area (TPSA) is 89.3 Å². The molecule has 1 aromatic carbocycles. The van der Waals surface area contributed by atoms with Gasteiger partial charge in [-0.15, -0.1) is 0 Å². The summed E-state index contributed by atoms with van der Waals surface area (Å²) >= 11 is 0. The van der Waals surface area contributed by atoms with Crippen molar-refractivity contribution in [3.8, 4) is 0 Å². The molecule has 23 heavy (non-hydrogen) atoms. The summed E-state index contributed by atoms with van der Waals surface area (Å²) in [7, 11) is -3.66. The Hall–Kier alpha value is -1.99. The van der Waals surface area contributed by atoms with E-state index in [1.165, 1.54) is 29.8 Å². The van der Waals surface area contributed by atoms with Crippen molar-refractivity contribution < 1.29 is 13.3 Å². The molecule has 0 amide bonds. The molecule has 126 valence electrons. The molecule has 6 nitrogen and oxygen atoms in total. The van der Waals surface area contributed by atoms with E-state index in [9.17, 15) is 18.5 Å². The third-order valence-corrected chi connectivity index (χ3v) is 4.61. The molecule has 0 fully saturated rings. The van der Waals surface area contributed by atoms with Crippen LogP contribution in [0, 0.1) is 10.1 Å². The predicted molar refractivity (Wildman–Crippen MR) is 90.7 cm³/mol. The maximum absolute atomic E-state index is 12.1. The fourth-order valence-electron chi connectivity index (χ4n) is 1.85. The zero-order chi connectivity index (χ0) is 17.5. The molecular weight excluding hydrogens is 316 g/mol. The van der Waals surface area contributed by atoms with Crippen molar-refractivity contribution >= 4 is 15.7 Å². The van der Waals surface area contributed by atoms with E-state index in [-0.39, 0.29) is 17.1 Å². The van der Waals surface area contributed by atoms with Gasteiger partial charge in [-0.2, -0.15) is 0 Å². The Morgan fingerprint density at radius 2 is 1.78 bits per heavy atom. The first-order valence-electron chi connectivity index (χ1n) is 7.25. The minimum atomic E-state index is -3.66. The van der Waals surface area contributed by atoms with Crippen LogP contribution in [0.25, 0.3) is 0 Å². The molecule has 1 aromatic rings. The Morgan fingerprint density at radius 3 is 2.30 bits per heavy atom. The highest BCUT2D eigenvalue weighted by atomic mass is 32.2. The van der Waals surface area contributed by atoms with Gasteiger partial charge in [-0.05, 0) is 45.7 Å². The van der Waals surface area contributed by atoms with Gasteiger partial charge in [0.2, 0.25) is 10.0 Å². The van der Waals surface area contributed by atoms with Gasteiger partial charge in [-0.1, -0.05) is 23.3 Å². The van der Waals surface area contributed by atoms with Gasteiger partial charge in [0.05, 0.1) is 9.82 Å². The summed E-state index contributed by atoms with van der Waals surface area (Å²) in [6, 6.07) is 4.81. The van der Waals surface area contributed by atoms with E-state index in [2.05, 4.69) is 10.8 Å². The number of nitro benzene ring substituents is 1. The van der Waals surface area contributed by atoms with Crippen LogP contribution in [-0.2, 0) is 10.0 Å². The van der Waals surface area contributed by atoms with E-state index < -0.39 is 14.9 Å². The Kier molecular flexibility index (Phi) is 7.12. The van der Waals surface area contributed by atoms with Gasteiger partial charge >= 0.3 is 0 Å². The number of nitro groups is 1. The van der Waals surface area contributed by atoms with E-state index in [1.54, 1.807) is 0 Å². The highest BCUT2D eigenvalue weighted by molar-refractivity contribution is 7.89. The zero-order valence-electron chi connectivity index (χ0n) is 13.6. The van der Waals surface area contributed by atoms with Gasteiger partial charge in [0, 0.05) is 18.7 Å². The highest BCUT2D eigenvalue weighted by Crippen LogP contribution is 2.15. The number of hydrogen-bond donors (Lipinski definition) is 1. The van der Waals surface area contributed by atoms with Crippen LogP contribution in [0.4, 0.5) is 5.69 Å². The monoisotopic (exact) mass is 338 g/mol. The van der Waals surface area contributed by atoms with Crippen molar-refractivity contribution in [2.24, 2.45) is 0 Å². The summed E-state index contributed by atoms with van der Waals surface area (Å²) in [5.41, 5.74) is 2.23. The SMILES string of the molecule is CC(C)=CCC/C(C)=C/CNS(=O)(=O)c1ccc([N+](=O)[O-])cc1. The average molecular weight is 338 g/mol. The van der Waals surface area contributed by atoms with Crippen molar-refractivity contribution in [2.45, 2.75) is 38.5 Å². The van der Waals surface area contributed by atoms with Crippen molar-refractivity contribution in [3.63, 3.8) is 0 Å². The third kappa shape index (κ3) is 6.75. The third-order valence-electron chi connectivity index (χ3n) is 3.17. The molecule has 1 rings (SSSR count). The van der Waals surface area contributed by atoms with Crippen LogP contribution in [0.5, 0.6) is 0 Å². The molecule has 0 aliphatic heterocycles. The lowest BCUT2D eigenvalue weighted by atomic mass is 10.1. The number of hydrogen-bond acceptors (Lipinski definition) is 4. The number of rotatable bonds is 8. The molecule has 0 unspecified atom stereocenters. The number of nitrogens with one attached hydrogen (secondary N) is 1. The fourth-order valence-corrected chi connectivity index (χ4v) is 2.81. The summed E-state index contributed by atoms with van der Waals surface area (Å²) in [5.74, 6) is 0. The number of nitrogens with zero attached hydrogens (tertiary/aromatic N) is 1. The molecule has 0 aliphatic rings. The molecule has 0 radical (unpaired) electrons. The van der Waals surface area contributed by atoms with Gasteiger partial charge in [-0.25, -0.2) is 13.1 Å². The summed E-state index contributed by atoms with van der Waals surface area (Å²) in [6.45, 7) is 6.23. The number of sulfonamides is 1.